The maximum atomic E-state index is 9.76. The lowest BCUT2D eigenvalue weighted by Crippen LogP contribution is -1.91. The summed E-state index contributed by atoms with van der Waals surface area (Å²) in [6, 6.07) is 15.1. The Bertz CT molecular complexity index is 860. The number of hydrazone groups is 1. The van der Waals surface area contributed by atoms with Gasteiger partial charge in [0.1, 0.15) is 0 Å². The lowest BCUT2D eigenvalue weighted by molar-refractivity contribution is 0.373. The fraction of sp³-hybridized carbons (Fsp3) is 0.111. The average molecular weight is 339 g/mol. The molecule has 1 heterocycles. The number of aromatic nitrogens is 1. The first-order chi connectivity index (χ1) is 11.7. The van der Waals surface area contributed by atoms with Gasteiger partial charge in [0.15, 0.2) is 11.5 Å². The van der Waals surface area contributed by atoms with Gasteiger partial charge in [0.05, 0.1) is 19.0 Å². The van der Waals surface area contributed by atoms with Crippen molar-refractivity contribution in [2.24, 2.45) is 5.10 Å². The van der Waals surface area contributed by atoms with Gasteiger partial charge in [-0.2, -0.15) is 5.10 Å². The molecule has 0 aliphatic heterocycles. The van der Waals surface area contributed by atoms with E-state index < -0.39 is 0 Å². The van der Waals surface area contributed by atoms with Gasteiger partial charge < -0.3 is 9.84 Å². The number of rotatable bonds is 5. The molecule has 3 aromatic rings. The Balaban J connectivity index is 1.72. The second-order valence-electron chi connectivity index (χ2n) is 5.09. The summed E-state index contributed by atoms with van der Waals surface area (Å²) < 4.78 is 5.01. The SMILES string of the molecule is COc1ccc(/C=N\Nc2nc(-c3ccccc3)c(C)s2)cc1O. The van der Waals surface area contributed by atoms with Gasteiger partial charge in [-0.15, -0.1) is 11.3 Å². The zero-order chi connectivity index (χ0) is 16.9. The van der Waals surface area contributed by atoms with Gasteiger partial charge in [0.25, 0.3) is 0 Å². The molecule has 0 saturated heterocycles. The van der Waals surface area contributed by atoms with Crippen LogP contribution in [0.15, 0.2) is 53.6 Å². The van der Waals surface area contributed by atoms with Crippen molar-refractivity contribution in [3.05, 3.63) is 59.0 Å². The van der Waals surface area contributed by atoms with E-state index in [-0.39, 0.29) is 5.75 Å². The van der Waals surface area contributed by atoms with Crippen molar-refractivity contribution < 1.29 is 9.84 Å². The summed E-state index contributed by atoms with van der Waals surface area (Å²) in [7, 11) is 1.51. The molecule has 0 aliphatic rings. The highest BCUT2D eigenvalue weighted by Crippen LogP contribution is 2.30. The minimum atomic E-state index is 0.0814. The number of nitrogens with one attached hydrogen (secondary N) is 1. The Kier molecular flexibility index (Phi) is 4.77. The van der Waals surface area contributed by atoms with E-state index in [2.05, 4.69) is 15.5 Å². The van der Waals surface area contributed by atoms with Crippen molar-refractivity contribution in [1.29, 1.82) is 0 Å². The Morgan fingerprint density at radius 3 is 2.71 bits per heavy atom. The first-order valence-corrected chi connectivity index (χ1v) is 8.18. The Labute approximate surface area is 144 Å². The molecule has 24 heavy (non-hydrogen) atoms. The first-order valence-electron chi connectivity index (χ1n) is 7.36. The summed E-state index contributed by atoms with van der Waals surface area (Å²) in [6.07, 6.45) is 1.62. The predicted octanol–water partition coefficient (Wildman–Crippen LogP) is 4.28. The number of ether oxygens (including phenoxy) is 1. The fourth-order valence-electron chi connectivity index (χ4n) is 2.26. The number of methoxy groups -OCH3 is 1. The molecule has 0 fully saturated rings. The molecule has 2 N–H and O–H groups in total. The molecule has 0 spiro atoms. The van der Waals surface area contributed by atoms with Crippen molar-refractivity contribution in [2.45, 2.75) is 6.92 Å². The molecule has 0 radical (unpaired) electrons. The van der Waals surface area contributed by atoms with Crippen molar-refractivity contribution >= 4 is 22.7 Å². The van der Waals surface area contributed by atoms with Crippen LogP contribution in [-0.4, -0.2) is 23.4 Å². The molecule has 5 nitrogen and oxygen atoms in total. The van der Waals surface area contributed by atoms with E-state index in [1.54, 1.807) is 29.7 Å². The largest absolute Gasteiger partial charge is 0.504 e. The zero-order valence-electron chi connectivity index (χ0n) is 13.4. The molecule has 122 valence electrons. The monoisotopic (exact) mass is 339 g/mol. The number of hydrogen-bond donors (Lipinski definition) is 2. The number of anilines is 1. The third-order valence-corrected chi connectivity index (χ3v) is 4.30. The van der Waals surface area contributed by atoms with E-state index in [9.17, 15) is 5.11 Å². The summed E-state index contributed by atoms with van der Waals surface area (Å²) in [6.45, 7) is 2.04. The van der Waals surface area contributed by atoms with Crippen molar-refractivity contribution in [1.82, 2.24) is 4.98 Å². The Hall–Kier alpha value is -2.86. The highest BCUT2D eigenvalue weighted by Gasteiger charge is 2.08. The molecule has 3 rings (SSSR count). The number of thiazole rings is 1. The van der Waals surface area contributed by atoms with E-state index in [1.807, 2.05) is 43.3 Å². The second-order valence-corrected chi connectivity index (χ2v) is 6.29. The third kappa shape index (κ3) is 3.55. The van der Waals surface area contributed by atoms with Crippen LogP contribution in [0, 0.1) is 6.92 Å². The van der Waals surface area contributed by atoms with E-state index in [0.29, 0.717) is 5.75 Å². The lowest BCUT2D eigenvalue weighted by Gasteiger charge is -2.02. The maximum absolute atomic E-state index is 9.76. The van der Waals surface area contributed by atoms with Crippen LogP contribution in [0.1, 0.15) is 10.4 Å². The minimum Gasteiger partial charge on any atom is -0.504 e. The smallest absolute Gasteiger partial charge is 0.204 e. The van der Waals surface area contributed by atoms with Gasteiger partial charge in [-0.1, -0.05) is 30.3 Å². The predicted molar refractivity (Wildman–Crippen MR) is 98.2 cm³/mol. The first kappa shape index (κ1) is 16.0. The van der Waals surface area contributed by atoms with Gasteiger partial charge in [-0.3, -0.25) is 5.43 Å². The van der Waals surface area contributed by atoms with Crippen LogP contribution in [0.5, 0.6) is 11.5 Å². The van der Waals surface area contributed by atoms with Crippen molar-refractivity contribution in [3.8, 4) is 22.8 Å². The third-order valence-electron chi connectivity index (χ3n) is 3.42. The molecule has 0 bridgehead atoms. The topological polar surface area (TPSA) is 66.7 Å². The van der Waals surface area contributed by atoms with E-state index >= 15 is 0 Å². The summed E-state index contributed by atoms with van der Waals surface area (Å²) in [5.41, 5.74) is 5.74. The van der Waals surface area contributed by atoms with E-state index in [0.717, 1.165) is 26.8 Å². The number of phenolic OH excluding ortho intramolecular Hbond substituents is 1. The molecule has 6 heteroatoms. The molecule has 1 aromatic heterocycles. The van der Waals surface area contributed by atoms with Gasteiger partial charge >= 0.3 is 0 Å². The lowest BCUT2D eigenvalue weighted by atomic mass is 10.1. The molecule has 0 unspecified atom stereocenters. The van der Waals surface area contributed by atoms with Crippen LogP contribution in [0.4, 0.5) is 5.13 Å². The standard InChI is InChI=1S/C18H17N3O2S/c1-12-17(14-6-4-3-5-7-14)20-18(24-12)21-19-11-13-8-9-16(23-2)15(22)10-13/h3-11,22H,1-2H3,(H,20,21)/b19-11-. The quantitative estimate of drug-likeness (QED) is 0.538. The van der Waals surface area contributed by atoms with Crippen LogP contribution < -0.4 is 10.2 Å². The summed E-state index contributed by atoms with van der Waals surface area (Å²) >= 11 is 1.55. The molecule has 0 aliphatic carbocycles. The maximum Gasteiger partial charge on any atom is 0.204 e. The van der Waals surface area contributed by atoms with Crippen molar-refractivity contribution in [3.63, 3.8) is 0 Å². The van der Waals surface area contributed by atoms with Gasteiger partial charge in [0.2, 0.25) is 5.13 Å². The molecule has 2 aromatic carbocycles. The summed E-state index contributed by atoms with van der Waals surface area (Å²) in [5.74, 6) is 0.515. The van der Waals surface area contributed by atoms with Crippen molar-refractivity contribution in [2.75, 3.05) is 12.5 Å². The summed E-state index contributed by atoms with van der Waals surface area (Å²) in [5, 5.41) is 14.7. The van der Waals surface area contributed by atoms with Crippen LogP contribution >= 0.6 is 11.3 Å². The Morgan fingerprint density at radius 1 is 1.21 bits per heavy atom. The number of nitrogens with zero attached hydrogens (tertiary/aromatic N) is 2. The summed E-state index contributed by atoms with van der Waals surface area (Å²) in [4.78, 5) is 5.71. The number of aromatic hydroxyl groups is 1. The normalized spacial score (nSPS) is 10.9. The zero-order valence-corrected chi connectivity index (χ0v) is 14.2. The highest BCUT2D eigenvalue weighted by molar-refractivity contribution is 7.15. The Morgan fingerprint density at radius 2 is 2.00 bits per heavy atom. The minimum absolute atomic E-state index is 0.0814. The number of phenols is 1. The van der Waals surface area contributed by atoms with Gasteiger partial charge in [0, 0.05) is 10.4 Å². The molecule has 0 amide bonds. The number of hydrogen-bond acceptors (Lipinski definition) is 6. The van der Waals surface area contributed by atoms with Gasteiger partial charge in [-0.25, -0.2) is 4.98 Å². The molecular weight excluding hydrogens is 322 g/mol. The number of benzene rings is 2. The molecular formula is C18H17N3O2S. The van der Waals surface area contributed by atoms with Crippen LogP contribution in [-0.2, 0) is 0 Å². The highest BCUT2D eigenvalue weighted by atomic mass is 32.1. The van der Waals surface area contributed by atoms with Crippen LogP contribution in [0.25, 0.3) is 11.3 Å². The van der Waals surface area contributed by atoms with Crippen LogP contribution in [0.3, 0.4) is 0 Å². The van der Waals surface area contributed by atoms with E-state index in [1.165, 1.54) is 7.11 Å². The average Bonchev–Trinajstić information content (AvgIpc) is 2.96. The van der Waals surface area contributed by atoms with Gasteiger partial charge in [-0.05, 0) is 30.7 Å². The van der Waals surface area contributed by atoms with Crippen LogP contribution in [0.2, 0.25) is 0 Å². The fourth-order valence-corrected chi connectivity index (χ4v) is 3.04. The molecule has 0 atom stereocenters. The molecule has 0 saturated carbocycles. The number of aryl methyl sites for hydroxylation is 1. The van der Waals surface area contributed by atoms with E-state index in [4.69, 9.17) is 4.74 Å². The second kappa shape index (κ2) is 7.14.